The minimum absolute atomic E-state index is 0.00266. The van der Waals surface area contributed by atoms with Crippen LogP contribution in [-0.2, 0) is 6.54 Å². The van der Waals surface area contributed by atoms with Crippen molar-refractivity contribution in [1.29, 1.82) is 0 Å². The summed E-state index contributed by atoms with van der Waals surface area (Å²) in [5, 5.41) is 5.62. The van der Waals surface area contributed by atoms with E-state index in [1.165, 1.54) is 43.8 Å². The van der Waals surface area contributed by atoms with E-state index >= 15 is 0 Å². The van der Waals surface area contributed by atoms with E-state index in [0.717, 1.165) is 12.2 Å². The third kappa shape index (κ3) is 3.19. The molecule has 2 aromatic heterocycles. The van der Waals surface area contributed by atoms with E-state index in [2.05, 4.69) is 125 Å². The highest BCUT2D eigenvalue weighted by Crippen LogP contribution is 2.37. The van der Waals surface area contributed by atoms with Crippen LogP contribution in [0.15, 0.2) is 128 Å². The van der Waals surface area contributed by atoms with Crippen LogP contribution in [0, 0.1) is 0 Å². The normalized spacial score (nSPS) is 15.8. The summed E-state index contributed by atoms with van der Waals surface area (Å²) in [5.41, 5.74) is 7.25. The highest BCUT2D eigenvalue weighted by molar-refractivity contribution is 6.17. The van der Waals surface area contributed by atoms with Crippen LogP contribution in [0.1, 0.15) is 5.56 Å². The number of benzene rings is 4. The molecule has 1 atom stereocenters. The lowest BCUT2D eigenvalue weighted by molar-refractivity contribution is 0.312. The first kappa shape index (κ1) is 20.8. The molecule has 1 unspecified atom stereocenters. The third-order valence-corrected chi connectivity index (χ3v) is 7.35. The van der Waals surface area contributed by atoms with Gasteiger partial charge in [0.15, 0.2) is 0 Å². The maximum atomic E-state index is 6.59. The fourth-order valence-corrected chi connectivity index (χ4v) is 5.68. The zero-order valence-electron chi connectivity index (χ0n) is 19.8. The molecule has 1 aliphatic heterocycles. The van der Waals surface area contributed by atoms with E-state index < -0.39 is 0 Å². The summed E-state index contributed by atoms with van der Waals surface area (Å²) in [7, 11) is 0. The fraction of sp³-hybridized carbons (Fsp3) is 0.0625. The molecule has 4 nitrogen and oxygen atoms in total. The van der Waals surface area contributed by atoms with E-state index in [4.69, 9.17) is 5.84 Å². The van der Waals surface area contributed by atoms with E-state index in [9.17, 15) is 0 Å². The van der Waals surface area contributed by atoms with E-state index in [0.29, 0.717) is 0 Å². The number of hydrazine groups is 1. The number of hydrogen-bond donors (Lipinski definition) is 1. The van der Waals surface area contributed by atoms with Gasteiger partial charge in [0.1, 0.15) is 0 Å². The van der Waals surface area contributed by atoms with Gasteiger partial charge >= 0.3 is 0 Å². The second-order valence-corrected chi connectivity index (χ2v) is 9.34. The predicted molar refractivity (Wildman–Crippen MR) is 150 cm³/mol. The minimum atomic E-state index is 0.00266. The van der Waals surface area contributed by atoms with Gasteiger partial charge in [0.25, 0.3) is 0 Å². The Labute approximate surface area is 209 Å². The van der Waals surface area contributed by atoms with Gasteiger partial charge in [0, 0.05) is 46.3 Å². The van der Waals surface area contributed by atoms with Crippen molar-refractivity contribution in [3.8, 4) is 5.69 Å². The molecule has 0 radical (unpaired) electrons. The Kier molecular flexibility index (Phi) is 4.79. The molecule has 7 rings (SSSR count). The summed E-state index contributed by atoms with van der Waals surface area (Å²) < 4.78 is 4.73. The zero-order chi connectivity index (χ0) is 24.1. The van der Waals surface area contributed by atoms with Gasteiger partial charge in [-0.25, -0.2) is 5.84 Å². The second-order valence-electron chi connectivity index (χ2n) is 9.34. The van der Waals surface area contributed by atoms with E-state index in [1.54, 1.807) is 0 Å². The number of allylic oxidation sites excluding steroid dienone is 2. The molecule has 0 bridgehead atoms. The van der Waals surface area contributed by atoms with Crippen LogP contribution in [0.25, 0.3) is 44.0 Å². The maximum absolute atomic E-state index is 6.59. The van der Waals surface area contributed by atoms with Crippen molar-refractivity contribution >= 4 is 38.3 Å². The van der Waals surface area contributed by atoms with Crippen molar-refractivity contribution in [2.24, 2.45) is 5.84 Å². The predicted octanol–water partition coefficient (Wildman–Crippen LogP) is 6.89. The van der Waals surface area contributed by atoms with Crippen LogP contribution in [-0.4, -0.2) is 20.2 Å². The first-order chi connectivity index (χ1) is 17.8. The van der Waals surface area contributed by atoms with Crippen LogP contribution in [0.2, 0.25) is 0 Å². The molecular formula is C32H26N4. The monoisotopic (exact) mass is 466 g/mol. The first-order valence-corrected chi connectivity index (χ1v) is 12.3. The summed E-state index contributed by atoms with van der Waals surface area (Å²) >= 11 is 0. The molecule has 4 heteroatoms. The number of para-hydroxylation sites is 2. The molecule has 174 valence electrons. The summed E-state index contributed by atoms with van der Waals surface area (Å²) in [5.74, 6) is 6.59. The summed E-state index contributed by atoms with van der Waals surface area (Å²) in [6, 6.07) is 36.5. The lowest BCUT2D eigenvalue weighted by atomic mass is 9.95. The Morgan fingerprint density at radius 1 is 0.667 bits per heavy atom. The third-order valence-electron chi connectivity index (χ3n) is 7.35. The topological polar surface area (TPSA) is 39.1 Å². The standard InChI is InChI=1S/C32H26N4/c33-36-20-9-15-25(23-10-3-1-4-11-23)31(36)22-35-29-16-8-7-14-26(29)27-17-18-30-28(32(27)35)19-21-34(30)24-12-5-2-6-13-24/h1-21,31H,22,33H2. The van der Waals surface area contributed by atoms with Crippen LogP contribution in [0.5, 0.6) is 0 Å². The molecule has 0 saturated heterocycles. The number of hydrogen-bond acceptors (Lipinski definition) is 2. The van der Waals surface area contributed by atoms with Crippen LogP contribution < -0.4 is 5.84 Å². The van der Waals surface area contributed by atoms with E-state index in [-0.39, 0.29) is 6.04 Å². The Bertz CT molecular complexity index is 1770. The van der Waals surface area contributed by atoms with Crippen LogP contribution >= 0.6 is 0 Å². The van der Waals surface area contributed by atoms with Gasteiger partial charge in [0.2, 0.25) is 0 Å². The Morgan fingerprint density at radius 3 is 2.25 bits per heavy atom. The molecule has 0 aliphatic carbocycles. The lowest BCUT2D eigenvalue weighted by Gasteiger charge is -2.32. The molecule has 0 saturated carbocycles. The van der Waals surface area contributed by atoms with Gasteiger partial charge in [-0.15, -0.1) is 0 Å². The molecule has 4 aromatic carbocycles. The quantitative estimate of drug-likeness (QED) is 0.287. The maximum Gasteiger partial charge on any atom is 0.0879 e. The molecular weight excluding hydrogens is 440 g/mol. The van der Waals surface area contributed by atoms with Crippen molar-refractivity contribution < 1.29 is 0 Å². The largest absolute Gasteiger partial charge is 0.337 e. The number of nitrogens with two attached hydrogens (primary N) is 1. The van der Waals surface area contributed by atoms with Crippen LogP contribution in [0.4, 0.5) is 0 Å². The van der Waals surface area contributed by atoms with Crippen molar-refractivity contribution in [3.05, 3.63) is 133 Å². The molecule has 0 fully saturated rings. The van der Waals surface area contributed by atoms with Crippen molar-refractivity contribution in [2.45, 2.75) is 12.6 Å². The molecule has 0 spiro atoms. The average Bonchev–Trinajstić information content (AvgIpc) is 3.50. The number of aromatic nitrogens is 2. The molecule has 1 aliphatic rings. The molecule has 36 heavy (non-hydrogen) atoms. The summed E-state index contributed by atoms with van der Waals surface area (Å²) in [4.78, 5) is 0. The molecule has 0 amide bonds. The number of rotatable bonds is 4. The van der Waals surface area contributed by atoms with Gasteiger partial charge in [-0.05, 0) is 47.5 Å². The van der Waals surface area contributed by atoms with Crippen molar-refractivity contribution in [3.63, 3.8) is 0 Å². The lowest BCUT2D eigenvalue weighted by Crippen LogP contribution is -2.41. The summed E-state index contributed by atoms with van der Waals surface area (Å²) in [6.07, 6.45) is 8.36. The Balaban J connectivity index is 1.45. The summed E-state index contributed by atoms with van der Waals surface area (Å²) in [6.45, 7) is 0.737. The van der Waals surface area contributed by atoms with Crippen LogP contribution in [0.3, 0.4) is 0 Å². The van der Waals surface area contributed by atoms with Gasteiger partial charge in [-0.3, -0.25) is 0 Å². The first-order valence-electron chi connectivity index (χ1n) is 12.3. The van der Waals surface area contributed by atoms with Crippen molar-refractivity contribution in [2.75, 3.05) is 0 Å². The number of nitrogens with zero attached hydrogens (tertiary/aromatic N) is 3. The SMILES string of the molecule is NN1C=CC=C(c2ccccc2)C1Cn1c2ccccc2c2ccc3c(ccn3-c3ccccc3)c21. The second kappa shape index (κ2) is 8.29. The molecule has 2 N–H and O–H groups in total. The minimum Gasteiger partial charge on any atom is -0.337 e. The average molecular weight is 467 g/mol. The highest BCUT2D eigenvalue weighted by atomic mass is 15.4. The van der Waals surface area contributed by atoms with Crippen molar-refractivity contribution in [1.82, 2.24) is 14.1 Å². The van der Waals surface area contributed by atoms with Gasteiger partial charge in [-0.2, -0.15) is 0 Å². The van der Waals surface area contributed by atoms with Gasteiger partial charge in [-0.1, -0.05) is 78.9 Å². The highest BCUT2D eigenvalue weighted by Gasteiger charge is 2.25. The number of fused-ring (bicyclic) bond motifs is 5. The van der Waals surface area contributed by atoms with E-state index in [1.807, 2.05) is 17.3 Å². The fourth-order valence-electron chi connectivity index (χ4n) is 5.68. The molecule has 6 aromatic rings. The zero-order valence-corrected chi connectivity index (χ0v) is 19.8. The molecule has 3 heterocycles. The Morgan fingerprint density at radius 2 is 1.42 bits per heavy atom. The smallest absolute Gasteiger partial charge is 0.0879 e. The van der Waals surface area contributed by atoms with Gasteiger partial charge < -0.3 is 14.1 Å². The van der Waals surface area contributed by atoms with Gasteiger partial charge in [0.05, 0.1) is 17.1 Å². The Hall–Kier alpha value is -4.54.